The molecule has 0 amide bonds. The van der Waals surface area contributed by atoms with Gasteiger partial charge in [0.05, 0.1) is 11.1 Å². The summed E-state index contributed by atoms with van der Waals surface area (Å²) < 4.78 is 11.0. The van der Waals surface area contributed by atoms with Gasteiger partial charge in [0.1, 0.15) is 6.61 Å². The second kappa shape index (κ2) is 13.1. The van der Waals surface area contributed by atoms with Crippen LogP contribution in [0.15, 0.2) is 48.7 Å². The molecule has 0 radical (unpaired) electrons. The Balaban J connectivity index is 1.79. The Morgan fingerprint density at radius 3 is 2.23 bits per heavy atom. The van der Waals surface area contributed by atoms with E-state index in [0.717, 1.165) is 43.7 Å². The number of hydrogen-bond acceptors (Lipinski definition) is 5. The number of allylic oxidation sites excluding steroid dienone is 2. The number of ether oxygens (including phenoxy) is 2. The van der Waals surface area contributed by atoms with Crippen LogP contribution in [0, 0.1) is 0 Å². The summed E-state index contributed by atoms with van der Waals surface area (Å²) >= 11 is 0. The highest BCUT2D eigenvalue weighted by atomic mass is 28.3. The van der Waals surface area contributed by atoms with Crippen molar-refractivity contribution in [3.63, 3.8) is 0 Å². The molecule has 0 spiro atoms. The van der Waals surface area contributed by atoms with Crippen molar-refractivity contribution in [3.05, 3.63) is 76.5 Å². The first-order chi connectivity index (χ1) is 18.7. The normalized spacial score (nSPS) is 16.2. The van der Waals surface area contributed by atoms with Crippen LogP contribution in [-0.2, 0) is 15.6 Å². The molecule has 1 aromatic heterocycles. The van der Waals surface area contributed by atoms with Gasteiger partial charge in [0, 0.05) is 20.3 Å². The van der Waals surface area contributed by atoms with Gasteiger partial charge in [-0.15, -0.1) is 0 Å². The first kappa shape index (κ1) is 31.5. The standard InChI is InChI=1S/C34H47NO4Si/c1-9-10-11-12-15-25-22-28-29(34(4,5)19-18-33(28,2)3)23-27(25)32(37)39-30-17-16-26(24-35-30)31(36)38-20-13-14-21-40(6,7)8/h12-17,22-24H,9-11,18-21H2,1-8H3/b14-13-,15-12?. The Morgan fingerprint density at radius 1 is 0.950 bits per heavy atom. The zero-order chi connectivity index (χ0) is 29.6. The van der Waals surface area contributed by atoms with Gasteiger partial charge in [-0.2, -0.15) is 0 Å². The van der Waals surface area contributed by atoms with Crippen molar-refractivity contribution in [3.8, 4) is 5.88 Å². The van der Waals surface area contributed by atoms with Crippen molar-refractivity contribution in [2.75, 3.05) is 6.61 Å². The number of fused-ring (bicyclic) bond motifs is 1. The molecule has 1 aliphatic rings. The van der Waals surface area contributed by atoms with Crippen molar-refractivity contribution in [1.29, 1.82) is 0 Å². The molecular formula is C34H47NO4Si. The molecular weight excluding hydrogens is 514 g/mol. The summed E-state index contributed by atoms with van der Waals surface area (Å²) in [4.78, 5) is 30.1. The van der Waals surface area contributed by atoms with E-state index in [1.165, 1.54) is 23.4 Å². The van der Waals surface area contributed by atoms with Gasteiger partial charge in [-0.05, 0) is 65.0 Å². The van der Waals surface area contributed by atoms with E-state index in [1.54, 1.807) is 6.07 Å². The molecule has 0 fully saturated rings. The molecule has 1 aromatic carbocycles. The zero-order valence-electron chi connectivity index (χ0n) is 25.7. The molecule has 0 bridgehead atoms. The van der Waals surface area contributed by atoms with Crippen LogP contribution in [0.2, 0.25) is 25.7 Å². The van der Waals surface area contributed by atoms with Gasteiger partial charge >= 0.3 is 11.9 Å². The van der Waals surface area contributed by atoms with Crippen molar-refractivity contribution in [1.82, 2.24) is 4.98 Å². The summed E-state index contributed by atoms with van der Waals surface area (Å²) in [5, 5.41) is 0. The van der Waals surface area contributed by atoms with Gasteiger partial charge in [-0.25, -0.2) is 14.6 Å². The minimum absolute atomic E-state index is 0.0333. The Kier molecular flexibility index (Phi) is 10.3. The Hall–Kier alpha value is -2.99. The molecule has 0 saturated heterocycles. The molecule has 216 valence electrons. The van der Waals surface area contributed by atoms with Crippen LogP contribution in [0.3, 0.4) is 0 Å². The highest BCUT2D eigenvalue weighted by molar-refractivity contribution is 6.76. The maximum absolute atomic E-state index is 13.5. The average molecular weight is 562 g/mol. The van der Waals surface area contributed by atoms with Crippen molar-refractivity contribution >= 4 is 26.1 Å². The third kappa shape index (κ3) is 8.50. The van der Waals surface area contributed by atoms with Crippen molar-refractivity contribution in [2.45, 2.75) is 103 Å². The maximum Gasteiger partial charge on any atom is 0.345 e. The Bertz CT molecular complexity index is 1250. The molecule has 1 aliphatic carbocycles. The molecule has 40 heavy (non-hydrogen) atoms. The van der Waals surface area contributed by atoms with Gasteiger partial charge in [0.2, 0.25) is 5.88 Å². The first-order valence-corrected chi connectivity index (χ1v) is 18.3. The third-order valence-corrected chi connectivity index (χ3v) is 9.10. The molecule has 0 atom stereocenters. The second-order valence-corrected chi connectivity index (χ2v) is 18.9. The monoisotopic (exact) mass is 561 g/mol. The molecule has 0 saturated carbocycles. The van der Waals surface area contributed by atoms with Crippen LogP contribution in [0.4, 0.5) is 0 Å². The van der Waals surface area contributed by atoms with Crippen molar-refractivity contribution in [2.24, 2.45) is 0 Å². The maximum atomic E-state index is 13.5. The number of unbranched alkanes of at least 4 members (excludes halogenated alkanes) is 2. The van der Waals surface area contributed by atoms with Crippen LogP contribution in [0.25, 0.3) is 6.08 Å². The van der Waals surface area contributed by atoms with Crippen LogP contribution < -0.4 is 4.74 Å². The predicted molar refractivity (Wildman–Crippen MR) is 167 cm³/mol. The van der Waals surface area contributed by atoms with Gasteiger partial charge in [-0.1, -0.05) is 97.5 Å². The fourth-order valence-corrected chi connectivity index (χ4v) is 5.77. The zero-order valence-corrected chi connectivity index (χ0v) is 26.7. The minimum atomic E-state index is -1.16. The summed E-state index contributed by atoms with van der Waals surface area (Å²) in [5.41, 5.74) is 4.22. The van der Waals surface area contributed by atoms with Crippen LogP contribution in [0.5, 0.6) is 5.88 Å². The van der Waals surface area contributed by atoms with Gasteiger partial charge < -0.3 is 9.47 Å². The minimum Gasteiger partial charge on any atom is -0.458 e. The number of carbonyl (C=O) groups excluding carboxylic acids is 2. The number of benzene rings is 1. The van der Waals surface area contributed by atoms with Crippen molar-refractivity contribution < 1.29 is 19.1 Å². The van der Waals surface area contributed by atoms with E-state index in [-0.39, 0.29) is 23.3 Å². The lowest BCUT2D eigenvalue weighted by Gasteiger charge is -2.42. The highest BCUT2D eigenvalue weighted by Crippen LogP contribution is 2.46. The summed E-state index contributed by atoms with van der Waals surface area (Å²) in [6.07, 6.45) is 14.9. The van der Waals surface area contributed by atoms with E-state index < -0.39 is 20.0 Å². The molecule has 6 heteroatoms. The lowest BCUT2D eigenvalue weighted by molar-refractivity contribution is 0.0549. The number of hydrogen-bond donors (Lipinski definition) is 0. The largest absolute Gasteiger partial charge is 0.458 e. The number of carbonyl (C=O) groups is 2. The van der Waals surface area contributed by atoms with Gasteiger partial charge in [-0.3, -0.25) is 0 Å². The van der Waals surface area contributed by atoms with Gasteiger partial charge in [0.25, 0.3) is 0 Å². The summed E-state index contributed by atoms with van der Waals surface area (Å²) in [7, 11) is -1.16. The number of pyridine rings is 1. The molecule has 0 unspecified atom stereocenters. The fraction of sp³-hybridized carbons (Fsp3) is 0.500. The average Bonchev–Trinajstić information content (AvgIpc) is 2.88. The van der Waals surface area contributed by atoms with E-state index in [2.05, 4.69) is 83.5 Å². The van der Waals surface area contributed by atoms with E-state index in [9.17, 15) is 9.59 Å². The molecule has 5 nitrogen and oxygen atoms in total. The smallest absolute Gasteiger partial charge is 0.345 e. The number of rotatable bonds is 11. The fourth-order valence-electron chi connectivity index (χ4n) is 4.90. The molecule has 3 rings (SSSR count). The topological polar surface area (TPSA) is 65.5 Å². The van der Waals surface area contributed by atoms with Crippen LogP contribution in [0.1, 0.15) is 104 Å². The molecule has 2 aromatic rings. The molecule has 0 aliphatic heterocycles. The Labute approximate surface area is 242 Å². The lowest BCUT2D eigenvalue weighted by Crippen LogP contribution is -2.34. The Morgan fingerprint density at radius 2 is 1.62 bits per heavy atom. The van der Waals surface area contributed by atoms with E-state index >= 15 is 0 Å². The number of nitrogens with zero attached hydrogens (tertiary/aromatic N) is 1. The van der Waals surface area contributed by atoms with Gasteiger partial charge in [0.15, 0.2) is 0 Å². The van der Waals surface area contributed by atoms with E-state index in [4.69, 9.17) is 9.47 Å². The highest BCUT2D eigenvalue weighted by Gasteiger charge is 2.38. The van der Waals surface area contributed by atoms with Crippen LogP contribution in [-0.4, -0.2) is 31.6 Å². The molecule has 0 N–H and O–H groups in total. The third-order valence-electron chi connectivity index (χ3n) is 7.64. The number of esters is 2. The summed E-state index contributed by atoms with van der Waals surface area (Å²) in [6.45, 7) is 18.3. The number of aromatic nitrogens is 1. The summed E-state index contributed by atoms with van der Waals surface area (Å²) in [5.74, 6) is -0.760. The first-order valence-electron chi connectivity index (χ1n) is 14.6. The quantitative estimate of drug-likeness (QED) is 0.119. The van der Waals surface area contributed by atoms with Crippen LogP contribution >= 0.6 is 0 Å². The summed E-state index contributed by atoms with van der Waals surface area (Å²) in [6, 6.07) is 8.37. The molecule has 1 heterocycles. The predicted octanol–water partition coefficient (Wildman–Crippen LogP) is 8.90. The SMILES string of the molecule is CCCCC=Cc1cc2c(cc1C(=O)Oc1ccc(C(=O)OC/C=C\C[Si](C)(C)C)cn1)C(C)(C)CCC2(C)C. The van der Waals surface area contributed by atoms with E-state index in [1.807, 2.05) is 12.1 Å². The van der Waals surface area contributed by atoms with E-state index in [0.29, 0.717) is 11.1 Å². The second-order valence-electron chi connectivity index (χ2n) is 13.4. The lowest BCUT2D eigenvalue weighted by atomic mass is 9.62.